The van der Waals surface area contributed by atoms with Gasteiger partial charge in [0.05, 0.1) is 12.2 Å². The first-order valence-electron chi connectivity index (χ1n) is 9.75. The molecule has 2 N–H and O–H groups in total. The van der Waals surface area contributed by atoms with Crippen LogP contribution in [0.25, 0.3) is 0 Å². The Morgan fingerprint density at radius 3 is 2.61 bits per heavy atom. The Hall–Kier alpha value is -2.44. The topological polar surface area (TPSA) is 53.6 Å². The van der Waals surface area contributed by atoms with Gasteiger partial charge in [-0.1, -0.05) is 36.4 Å². The van der Waals surface area contributed by atoms with Crippen LogP contribution >= 0.6 is 12.2 Å². The Balaban J connectivity index is 1.45. The van der Waals surface area contributed by atoms with Crippen molar-refractivity contribution in [3.05, 3.63) is 65.7 Å². The van der Waals surface area contributed by atoms with E-state index >= 15 is 0 Å². The van der Waals surface area contributed by atoms with E-state index in [1.165, 1.54) is 5.56 Å². The van der Waals surface area contributed by atoms with Crippen LogP contribution in [0.15, 0.2) is 54.6 Å². The molecule has 28 heavy (non-hydrogen) atoms. The second-order valence-electron chi connectivity index (χ2n) is 6.94. The number of nitrogens with zero attached hydrogens (tertiary/aromatic N) is 1. The zero-order valence-electron chi connectivity index (χ0n) is 16.2. The van der Waals surface area contributed by atoms with E-state index in [0.29, 0.717) is 23.3 Å². The first-order valence-corrected chi connectivity index (χ1v) is 10.2. The van der Waals surface area contributed by atoms with E-state index in [2.05, 4.69) is 45.9 Å². The molecule has 0 unspecified atom stereocenters. The summed E-state index contributed by atoms with van der Waals surface area (Å²) in [5, 5.41) is 7.17. The first kappa shape index (κ1) is 20.3. The number of thiocarbonyl (C=S) groups is 1. The van der Waals surface area contributed by atoms with Gasteiger partial charge >= 0.3 is 5.97 Å². The lowest BCUT2D eigenvalue weighted by Gasteiger charge is -2.33. The lowest BCUT2D eigenvalue weighted by molar-refractivity contribution is 0.0526. The maximum atomic E-state index is 11.9. The minimum Gasteiger partial charge on any atom is -0.462 e. The SMILES string of the molecule is CCOC(=O)c1cccc(NC(=S)NC2CCN(Cc3ccccc3)CC2)c1. The van der Waals surface area contributed by atoms with Gasteiger partial charge in [0.1, 0.15) is 0 Å². The highest BCUT2D eigenvalue weighted by atomic mass is 32.1. The molecule has 2 aromatic rings. The van der Waals surface area contributed by atoms with Crippen molar-refractivity contribution in [2.45, 2.75) is 32.4 Å². The van der Waals surface area contributed by atoms with Gasteiger partial charge in [-0.05, 0) is 55.7 Å². The number of benzene rings is 2. The number of esters is 1. The average molecular weight is 398 g/mol. The fourth-order valence-corrected chi connectivity index (χ4v) is 3.65. The second kappa shape index (κ2) is 10.2. The van der Waals surface area contributed by atoms with Gasteiger partial charge in [0.15, 0.2) is 5.11 Å². The summed E-state index contributed by atoms with van der Waals surface area (Å²) in [5.41, 5.74) is 2.65. The molecule has 0 spiro atoms. The lowest BCUT2D eigenvalue weighted by Crippen LogP contribution is -2.45. The molecular weight excluding hydrogens is 370 g/mol. The Labute approximate surface area is 172 Å². The Kier molecular flexibility index (Phi) is 7.39. The van der Waals surface area contributed by atoms with Crippen LogP contribution in [-0.2, 0) is 11.3 Å². The molecule has 0 bridgehead atoms. The van der Waals surface area contributed by atoms with Crippen molar-refractivity contribution >= 4 is 29.0 Å². The van der Waals surface area contributed by atoms with Crippen molar-refractivity contribution in [2.24, 2.45) is 0 Å². The summed E-state index contributed by atoms with van der Waals surface area (Å²) in [6.45, 7) is 5.25. The normalized spacial score (nSPS) is 15.0. The van der Waals surface area contributed by atoms with Crippen molar-refractivity contribution in [1.29, 1.82) is 0 Å². The molecule has 0 saturated carbocycles. The van der Waals surface area contributed by atoms with Gasteiger partial charge in [-0.25, -0.2) is 4.79 Å². The van der Waals surface area contributed by atoms with Gasteiger partial charge in [0, 0.05) is 31.4 Å². The predicted molar refractivity (Wildman–Crippen MR) is 116 cm³/mol. The van der Waals surface area contributed by atoms with Gasteiger partial charge in [0.25, 0.3) is 0 Å². The molecule has 1 aliphatic heterocycles. The molecule has 1 aliphatic rings. The molecule has 0 aromatic heterocycles. The molecule has 0 atom stereocenters. The monoisotopic (exact) mass is 397 g/mol. The number of piperidine rings is 1. The van der Waals surface area contributed by atoms with Crippen molar-refractivity contribution < 1.29 is 9.53 Å². The molecular formula is C22H27N3O2S. The minimum atomic E-state index is -0.323. The standard InChI is InChI=1S/C22H27N3O2S/c1-2-27-21(26)18-9-6-10-20(15-18)24-22(28)23-19-11-13-25(14-12-19)16-17-7-4-3-5-8-17/h3-10,15,19H,2,11-14,16H2,1H3,(H2,23,24,28). The highest BCUT2D eigenvalue weighted by Gasteiger charge is 2.19. The van der Waals surface area contributed by atoms with Crippen molar-refractivity contribution in [2.75, 3.05) is 25.0 Å². The van der Waals surface area contributed by atoms with Crippen molar-refractivity contribution in [3.63, 3.8) is 0 Å². The molecule has 0 amide bonds. The average Bonchev–Trinajstić information content (AvgIpc) is 2.70. The van der Waals surface area contributed by atoms with Crippen LogP contribution in [0.4, 0.5) is 5.69 Å². The fourth-order valence-electron chi connectivity index (χ4n) is 3.37. The van der Waals surface area contributed by atoms with Crippen LogP contribution in [0.5, 0.6) is 0 Å². The number of hydrogen-bond donors (Lipinski definition) is 2. The van der Waals surface area contributed by atoms with E-state index in [1.807, 2.05) is 12.1 Å². The smallest absolute Gasteiger partial charge is 0.338 e. The summed E-state index contributed by atoms with van der Waals surface area (Å²) in [6, 6.07) is 18.1. The van der Waals surface area contributed by atoms with Crippen molar-refractivity contribution in [1.82, 2.24) is 10.2 Å². The highest BCUT2D eigenvalue weighted by molar-refractivity contribution is 7.80. The number of nitrogens with one attached hydrogen (secondary N) is 2. The quantitative estimate of drug-likeness (QED) is 0.571. The maximum Gasteiger partial charge on any atom is 0.338 e. The number of hydrogen-bond acceptors (Lipinski definition) is 4. The van der Waals surface area contributed by atoms with Gasteiger partial charge in [-0.2, -0.15) is 0 Å². The number of carbonyl (C=O) groups excluding carboxylic acids is 1. The molecule has 5 nitrogen and oxygen atoms in total. The van der Waals surface area contributed by atoms with E-state index in [-0.39, 0.29) is 5.97 Å². The molecule has 3 rings (SSSR count). The Bertz CT molecular complexity index is 789. The first-order chi connectivity index (χ1) is 13.6. The summed E-state index contributed by atoms with van der Waals surface area (Å²) < 4.78 is 5.04. The molecule has 0 aliphatic carbocycles. The van der Waals surface area contributed by atoms with Gasteiger partial charge < -0.3 is 15.4 Å². The van der Waals surface area contributed by atoms with Crippen LogP contribution in [0.1, 0.15) is 35.7 Å². The Morgan fingerprint density at radius 1 is 1.14 bits per heavy atom. The van der Waals surface area contributed by atoms with E-state index in [1.54, 1.807) is 19.1 Å². The summed E-state index contributed by atoms with van der Waals surface area (Å²) in [4.78, 5) is 14.3. The number of anilines is 1. The maximum absolute atomic E-state index is 11.9. The third-order valence-corrected chi connectivity index (χ3v) is 5.02. The molecule has 6 heteroatoms. The summed E-state index contributed by atoms with van der Waals surface area (Å²) >= 11 is 5.46. The lowest BCUT2D eigenvalue weighted by atomic mass is 10.0. The summed E-state index contributed by atoms with van der Waals surface area (Å²) in [7, 11) is 0. The van der Waals surface area contributed by atoms with Crippen LogP contribution in [-0.4, -0.2) is 41.7 Å². The van der Waals surface area contributed by atoms with Gasteiger partial charge in [-0.3, -0.25) is 4.90 Å². The minimum absolute atomic E-state index is 0.323. The highest BCUT2D eigenvalue weighted by Crippen LogP contribution is 2.15. The van der Waals surface area contributed by atoms with Crippen LogP contribution < -0.4 is 10.6 Å². The van der Waals surface area contributed by atoms with Crippen LogP contribution in [0.2, 0.25) is 0 Å². The summed E-state index contributed by atoms with van der Waals surface area (Å²) in [6.07, 6.45) is 2.11. The van der Waals surface area contributed by atoms with E-state index < -0.39 is 0 Å². The van der Waals surface area contributed by atoms with Crippen LogP contribution in [0, 0.1) is 0 Å². The van der Waals surface area contributed by atoms with E-state index in [0.717, 1.165) is 38.2 Å². The largest absolute Gasteiger partial charge is 0.462 e. The van der Waals surface area contributed by atoms with E-state index in [9.17, 15) is 4.79 Å². The Morgan fingerprint density at radius 2 is 1.89 bits per heavy atom. The predicted octanol–water partition coefficient (Wildman–Crippen LogP) is 3.81. The van der Waals surface area contributed by atoms with Crippen molar-refractivity contribution in [3.8, 4) is 0 Å². The second-order valence-corrected chi connectivity index (χ2v) is 7.34. The zero-order chi connectivity index (χ0) is 19.8. The van der Waals surface area contributed by atoms with Gasteiger partial charge in [0.2, 0.25) is 0 Å². The third-order valence-electron chi connectivity index (χ3n) is 4.80. The molecule has 1 saturated heterocycles. The summed E-state index contributed by atoms with van der Waals surface area (Å²) in [5.74, 6) is -0.323. The number of ether oxygens (including phenoxy) is 1. The number of carbonyl (C=O) groups is 1. The van der Waals surface area contributed by atoms with Crippen LogP contribution in [0.3, 0.4) is 0 Å². The molecule has 1 fully saturated rings. The molecule has 148 valence electrons. The molecule has 1 heterocycles. The molecule has 2 aromatic carbocycles. The van der Waals surface area contributed by atoms with E-state index in [4.69, 9.17) is 17.0 Å². The number of likely N-dealkylation sites (tertiary alicyclic amines) is 1. The third kappa shape index (κ3) is 6.04. The van der Waals surface area contributed by atoms with Gasteiger partial charge in [-0.15, -0.1) is 0 Å². The number of rotatable bonds is 6. The molecule has 0 radical (unpaired) electrons. The zero-order valence-corrected chi connectivity index (χ0v) is 17.0. The fraction of sp³-hybridized carbons (Fsp3) is 0.364.